The number of rotatable bonds is 8. The van der Waals surface area contributed by atoms with Gasteiger partial charge in [-0.05, 0) is 66.8 Å². The molecule has 1 aliphatic carbocycles. The Balaban J connectivity index is 1.58. The van der Waals surface area contributed by atoms with E-state index < -0.39 is 5.60 Å². The SMILES string of the molecule is CCNC(=NCc1cccc(NC(=O)C2CCCCC2)c1)NCC(C)(O)c1ccsc1. The average Bonchev–Trinajstić information content (AvgIpc) is 3.33. The van der Waals surface area contributed by atoms with Crippen molar-refractivity contribution in [2.45, 2.75) is 58.1 Å². The third kappa shape index (κ3) is 7.08. The molecule has 0 aliphatic heterocycles. The number of benzene rings is 1. The van der Waals surface area contributed by atoms with E-state index in [-0.39, 0.29) is 11.8 Å². The van der Waals surface area contributed by atoms with E-state index in [0.29, 0.717) is 19.0 Å². The van der Waals surface area contributed by atoms with E-state index in [0.717, 1.165) is 49.0 Å². The number of nitrogens with one attached hydrogen (secondary N) is 3. The highest BCUT2D eigenvalue weighted by Crippen LogP contribution is 2.25. The molecule has 1 heterocycles. The fourth-order valence-corrected chi connectivity index (χ4v) is 4.58. The van der Waals surface area contributed by atoms with Gasteiger partial charge in [0.05, 0.1) is 13.1 Å². The van der Waals surface area contributed by atoms with Crippen LogP contribution in [0, 0.1) is 5.92 Å². The number of aliphatic imine (C=N–C) groups is 1. The van der Waals surface area contributed by atoms with Gasteiger partial charge in [-0.25, -0.2) is 4.99 Å². The van der Waals surface area contributed by atoms with Gasteiger partial charge in [-0.2, -0.15) is 11.3 Å². The molecule has 168 valence electrons. The maximum absolute atomic E-state index is 12.5. The molecular formula is C24H34N4O2S. The van der Waals surface area contributed by atoms with Crippen LogP contribution in [-0.2, 0) is 16.9 Å². The van der Waals surface area contributed by atoms with Crippen LogP contribution in [0.25, 0.3) is 0 Å². The number of anilines is 1. The molecular weight excluding hydrogens is 408 g/mol. The van der Waals surface area contributed by atoms with Crippen LogP contribution in [0.1, 0.15) is 57.1 Å². The Hall–Kier alpha value is -2.38. The minimum atomic E-state index is -0.973. The Morgan fingerprint density at radius 3 is 2.74 bits per heavy atom. The van der Waals surface area contributed by atoms with Gasteiger partial charge in [0.15, 0.2) is 5.96 Å². The van der Waals surface area contributed by atoms with Crippen LogP contribution in [0.4, 0.5) is 5.69 Å². The van der Waals surface area contributed by atoms with Gasteiger partial charge < -0.3 is 21.1 Å². The lowest BCUT2D eigenvalue weighted by atomic mass is 9.88. The van der Waals surface area contributed by atoms with E-state index in [1.807, 2.05) is 48.0 Å². The maximum atomic E-state index is 12.5. The summed E-state index contributed by atoms with van der Waals surface area (Å²) in [6, 6.07) is 9.79. The number of amides is 1. The highest BCUT2D eigenvalue weighted by molar-refractivity contribution is 7.08. The van der Waals surface area contributed by atoms with Crippen molar-refractivity contribution in [2.24, 2.45) is 10.9 Å². The van der Waals surface area contributed by atoms with Gasteiger partial charge >= 0.3 is 0 Å². The fraction of sp³-hybridized carbons (Fsp3) is 0.500. The van der Waals surface area contributed by atoms with Crippen LogP contribution < -0.4 is 16.0 Å². The zero-order valence-electron chi connectivity index (χ0n) is 18.5. The van der Waals surface area contributed by atoms with E-state index in [1.54, 1.807) is 18.3 Å². The molecule has 6 nitrogen and oxygen atoms in total. The topological polar surface area (TPSA) is 85.8 Å². The second-order valence-electron chi connectivity index (χ2n) is 8.36. The van der Waals surface area contributed by atoms with Gasteiger partial charge in [-0.15, -0.1) is 0 Å². The van der Waals surface area contributed by atoms with Crippen molar-refractivity contribution < 1.29 is 9.90 Å². The van der Waals surface area contributed by atoms with Gasteiger partial charge in [0, 0.05) is 18.2 Å². The molecule has 1 unspecified atom stereocenters. The van der Waals surface area contributed by atoms with Crippen LogP contribution in [-0.4, -0.2) is 30.1 Å². The minimum absolute atomic E-state index is 0.131. The first kappa shape index (κ1) is 23.3. The van der Waals surface area contributed by atoms with Gasteiger partial charge in [0.2, 0.25) is 5.91 Å². The summed E-state index contributed by atoms with van der Waals surface area (Å²) in [7, 11) is 0. The van der Waals surface area contributed by atoms with E-state index >= 15 is 0 Å². The van der Waals surface area contributed by atoms with Gasteiger partial charge in [-0.3, -0.25) is 4.79 Å². The second kappa shape index (κ2) is 11.3. The standard InChI is InChI=1S/C24H34N4O2S/c1-3-25-23(27-17-24(2,30)20-12-13-31-16-20)26-15-18-8-7-11-21(14-18)28-22(29)19-9-5-4-6-10-19/h7-8,11-14,16,19,30H,3-6,9-10,15,17H2,1-2H3,(H,28,29)(H2,25,26,27). The molecule has 3 rings (SSSR count). The van der Waals surface area contributed by atoms with E-state index in [2.05, 4.69) is 20.9 Å². The Kier molecular flexibility index (Phi) is 8.49. The molecule has 31 heavy (non-hydrogen) atoms. The first-order valence-electron chi connectivity index (χ1n) is 11.1. The number of thiophene rings is 1. The smallest absolute Gasteiger partial charge is 0.227 e. The molecule has 4 N–H and O–H groups in total. The molecule has 1 aromatic heterocycles. The molecule has 7 heteroatoms. The molecule has 1 saturated carbocycles. The van der Waals surface area contributed by atoms with Crippen molar-refractivity contribution in [3.63, 3.8) is 0 Å². The van der Waals surface area contributed by atoms with Crippen molar-refractivity contribution in [1.82, 2.24) is 10.6 Å². The summed E-state index contributed by atoms with van der Waals surface area (Å²) in [6.45, 7) is 5.36. The van der Waals surface area contributed by atoms with Crippen LogP contribution in [0.3, 0.4) is 0 Å². The molecule has 1 amide bonds. The number of hydrogen-bond donors (Lipinski definition) is 4. The van der Waals surface area contributed by atoms with E-state index in [9.17, 15) is 9.90 Å². The Labute approximate surface area is 189 Å². The molecule has 0 radical (unpaired) electrons. The molecule has 0 spiro atoms. The lowest BCUT2D eigenvalue weighted by Gasteiger charge is -2.24. The highest BCUT2D eigenvalue weighted by atomic mass is 32.1. The summed E-state index contributed by atoms with van der Waals surface area (Å²) >= 11 is 1.57. The van der Waals surface area contributed by atoms with Crippen LogP contribution in [0.5, 0.6) is 0 Å². The third-order valence-corrected chi connectivity index (χ3v) is 6.36. The number of aliphatic hydroxyl groups is 1. The summed E-state index contributed by atoms with van der Waals surface area (Å²) in [5.41, 5.74) is 1.76. The molecule has 1 fully saturated rings. The molecule has 1 aliphatic rings. The molecule has 2 aromatic rings. The van der Waals surface area contributed by atoms with Crippen LogP contribution >= 0.6 is 11.3 Å². The van der Waals surface area contributed by atoms with Gasteiger partial charge in [0.1, 0.15) is 5.60 Å². The van der Waals surface area contributed by atoms with Crippen molar-refractivity contribution in [1.29, 1.82) is 0 Å². The second-order valence-corrected chi connectivity index (χ2v) is 9.14. The van der Waals surface area contributed by atoms with Crippen molar-refractivity contribution in [3.8, 4) is 0 Å². The number of guanidine groups is 1. The summed E-state index contributed by atoms with van der Waals surface area (Å²) in [4.78, 5) is 17.2. The zero-order chi connectivity index (χ0) is 22.1. The number of nitrogens with zero attached hydrogens (tertiary/aromatic N) is 1. The first-order valence-corrected chi connectivity index (χ1v) is 12.1. The van der Waals surface area contributed by atoms with Crippen LogP contribution in [0.15, 0.2) is 46.1 Å². The molecule has 1 atom stereocenters. The van der Waals surface area contributed by atoms with E-state index in [4.69, 9.17) is 0 Å². The van der Waals surface area contributed by atoms with E-state index in [1.165, 1.54) is 6.42 Å². The zero-order valence-corrected chi connectivity index (χ0v) is 19.3. The Morgan fingerprint density at radius 2 is 2.03 bits per heavy atom. The highest BCUT2D eigenvalue weighted by Gasteiger charge is 2.24. The summed E-state index contributed by atoms with van der Waals surface area (Å²) in [6.07, 6.45) is 5.51. The number of carbonyl (C=O) groups excluding carboxylic acids is 1. The third-order valence-electron chi connectivity index (χ3n) is 5.68. The van der Waals surface area contributed by atoms with Gasteiger partial charge in [0.25, 0.3) is 0 Å². The van der Waals surface area contributed by atoms with Crippen molar-refractivity contribution in [2.75, 3.05) is 18.4 Å². The largest absolute Gasteiger partial charge is 0.384 e. The number of carbonyl (C=O) groups is 1. The summed E-state index contributed by atoms with van der Waals surface area (Å²) in [5, 5.41) is 24.2. The maximum Gasteiger partial charge on any atom is 0.227 e. The quantitative estimate of drug-likeness (QED) is 0.364. The van der Waals surface area contributed by atoms with Crippen molar-refractivity contribution >= 4 is 28.9 Å². The molecule has 0 saturated heterocycles. The fourth-order valence-electron chi connectivity index (χ4n) is 3.80. The van der Waals surface area contributed by atoms with Crippen LogP contribution in [0.2, 0.25) is 0 Å². The number of hydrogen-bond acceptors (Lipinski definition) is 4. The average molecular weight is 443 g/mol. The lowest BCUT2D eigenvalue weighted by Crippen LogP contribution is -2.44. The lowest BCUT2D eigenvalue weighted by molar-refractivity contribution is -0.120. The molecule has 0 bridgehead atoms. The Morgan fingerprint density at radius 1 is 1.23 bits per heavy atom. The van der Waals surface area contributed by atoms with Crippen molar-refractivity contribution in [3.05, 3.63) is 52.2 Å². The predicted molar refractivity (Wildman–Crippen MR) is 128 cm³/mol. The summed E-state index contributed by atoms with van der Waals surface area (Å²) < 4.78 is 0. The molecule has 1 aromatic carbocycles. The predicted octanol–water partition coefficient (Wildman–Crippen LogP) is 4.23. The van der Waals surface area contributed by atoms with Gasteiger partial charge in [-0.1, -0.05) is 31.4 Å². The summed E-state index contributed by atoms with van der Waals surface area (Å²) in [5.74, 6) is 0.914. The first-order chi connectivity index (χ1) is 15.0. The monoisotopic (exact) mass is 442 g/mol. The Bertz CT molecular complexity index is 858. The normalized spacial score (nSPS) is 17.1. The minimum Gasteiger partial charge on any atom is -0.384 e.